The minimum atomic E-state index is -0.0186. The Bertz CT molecular complexity index is 1120. The van der Waals surface area contributed by atoms with E-state index in [9.17, 15) is 4.79 Å². The Morgan fingerprint density at radius 1 is 1.11 bits per heavy atom. The molecule has 0 unspecified atom stereocenters. The second-order valence-electron chi connectivity index (χ2n) is 5.90. The van der Waals surface area contributed by atoms with Crippen molar-refractivity contribution in [2.45, 2.75) is 5.16 Å². The molecule has 2 aromatic heterocycles. The second kappa shape index (κ2) is 7.99. The number of aromatic amines is 1. The molecule has 2 heterocycles. The number of Topliss-reactive ketones (excluding diaryl/α,β-unsaturated/α-hetero) is 1. The highest BCUT2D eigenvalue weighted by molar-refractivity contribution is 9.10. The predicted octanol–water partition coefficient (Wildman–Crippen LogP) is 3.79. The van der Waals surface area contributed by atoms with Gasteiger partial charge in [-0.1, -0.05) is 76.2 Å². The molecule has 4 aromatic rings. The van der Waals surface area contributed by atoms with Crippen LogP contribution in [0.1, 0.15) is 10.4 Å². The smallest absolute Gasteiger partial charge is 0.210 e. The molecule has 0 radical (unpaired) electrons. The molecule has 0 bridgehead atoms. The predicted molar refractivity (Wildman–Crippen MR) is 112 cm³/mol. The van der Waals surface area contributed by atoms with E-state index < -0.39 is 0 Å². The number of aromatic nitrogens is 5. The summed E-state index contributed by atoms with van der Waals surface area (Å²) >= 11 is 4.63. The topological polar surface area (TPSA) is 102 Å². The molecule has 0 saturated carbocycles. The van der Waals surface area contributed by atoms with Crippen LogP contribution in [0.3, 0.4) is 0 Å². The van der Waals surface area contributed by atoms with Crippen molar-refractivity contribution in [2.75, 3.05) is 11.6 Å². The highest BCUT2D eigenvalue weighted by Crippen LogP contribution is 2.25. The first-order valence-electron chi connectivity index (χ1n) is 8.35. The molecule has 0 aliphatic rings. The Labute approximate surface area is 173 Å². The molecular weight excluding hydrogens is 440 g/mol. The number of nitrogens with one attached hydrogen (secondary N) is 1. The van der Waals surface area contributed by atoms with Crippen molar-refractivity contribution >= 4 is 33.5 Å². The zero-order valence-electron chi connectivity index (χ0n) is 14.5. The molecule has 2 aromatic carbocycles. The second-order valence-corrected chi connectivity index (χ2v) is 7.70. The maximum Gasteiger partial charge on any atom is 0.210 e. The van der Waals surface area contributed by atoms with Gasteiger partial charge in [-0.15, -0.1) is 10.2 Å². The summed E-state index contributed by atoms with van der Waals surface area (Å²) in [6.07, 6.45) is 0. The van der Waals surface area contributed by atoms with E-state index in [0.717, 1.165) is 15.7 Å². The van der Waals surface area contributed by atoms with E-state index in [-0.39, 0.29) is 11.5 Å². The normalized spacial score (nSPS) is 10.9. The van der Waals surface area contributed by atoms with Crippen molar-refractivity contribution in [1.82, 2.24) is 25.1 Å². The monoisotopic (exact) mass is 454 g/mol. The van der Waals surface area contributed by atoms with Gasteiger partial charge in [-0.05, 0) is 12.1 Å². The number of H-pyrrole nitrogens is 1. The fraction of sp³-hybridized carbons (Fsp3) is 0.0526. The van der Waals surface area contributed by atoms with Gasteiger partial charge in [-0.25, -0.2) is 4.68 Å². The Hall–Kier alpha value is -2.91. The maximum absolute atomic E-state index is 12.4. The van der Waals surface area contributed by atoms with Crippen molar-refractivity contribution in [3.8, 4) is 22.8 Å². The summed E-state index contributed by atoms with van der Waals surface area (Å²) in [5.41, 5.74) is 3.05. The fourth-order valence-electron chi connectivity index (χ4n) is 2.65. The van der Waals surface area contributed by atoms with Crippen LogP contribution < -0.4 is 5.84 Å². The number of carbonyl (C=O) groups is 1. The molecule has 7 nitrogen and oxygen atoms in total. The van der Waals surface area contributed by atoms with Gasteiger partial charge < -0.3 is 5.84 Å². The molecular formula is C19H15BrN6OS. The zero-order valence-corrected chi connectivity index (χ0v) is 16.9. The van der Waals surface area contributed by atoms with Crippen LogP contribution in [-0.2, 0) is 0 Å². The number of benzene rings is 2. The first kappa shape index (κ1) is 18.5. The van der Waals surface area contributed by atoms with Gasteiger partial charge in [0.2, 0.25) is 11.0 Å². The average Bonchev–Trinajstić information content (AvgIpc) is 3.34. The van der Waals surface area contributed by atoms with Crippen molar-refractivity contribution < 1.29 is 4.79 Å². The average molecular weight is 455 g/mol. The molecule has 0 aliphatic heterocycles. The standard InChI is InChI=1S/C19H15BrN6OS/c20-14-9-5-4-8-13(14)17(27)11-28-19-25-24-18(26(19)21)16-10-15(22-23-16)12-6-2-1-3-7-12/h1-10H,11,21H2,(H,22,23). The molecule has 140 valence electrons. The van der Waals surface area contributed by atoms with E-state index in [1.807, 2.05) is 54.6 Å². The SMILES string of the molecule is Nn1c(SCC(=O)c2ccccc2Br)nnc1-c1cc(-c2ccccc2)n[nH]1. The number of thioether (sulfide) groups is 1. The summed E-state index contributed by atoms with van der Waals surface area (Å²) in [5.74, 6) is 6.78. The Balaban J connectivity index is 1.50. The van der Waals surface area contributed by atoms with E-state index in [4.69, 9.17) is 5.84 Å². The van der Waals surface area contributed by atoms with Gasteiger partial charge in [-0.3, -0.25) is 9.89 Å². The lowest BCUT2D eigenvalue weighted by molar-refractivity contribution is 0.102. The largest absolute Gasteiger partial charge is 0.335 e. The van der Waals surface area contributed by atoms with Crippen LogP contribution in [0.25, 0.3) is 22.8 Å². The van der Waals surface area contributed by atoms with E-state index >= 15 is 0 Å². The Morgan fingerprint density at radius 2 is 1.86 bits per heavy atom. The summed E-state index contributed by atoms with van der Waals surface area (Å²) in [7, 11) is 0. The summed E-state index contributed by atoms with van der Waals surface area (Å²) < 4.78 is 2.13. The zero-order chi connectivity index (χ0) is 19.5. The molecule has 0 spiro atoms. The third kappa shape index (κ3) is 3.71. The van der Waals surface area contributed by atoms with Gasteiger partial charge in [0.15, 0.2) is 5.78 Å². The summed E-state index contributed by atoms with van der Waals surface area (Å²) in [6, 6.07) is 19.0. The van der Waals surface area contributed by atoms with Crippen molar-refractivity contribution in [1.29, 1.82) is 0 Å². The quantitative estimate of drug-likeness (QED) is 0.261. The van der Waals surface area contributed by atoms with E-state index in [1.54, 1.807) is 6.07 Å². The summed E-state index contributed by atoms with van der Waals surface area (Å²) in [4.78, 5) is 12.4. The molecule has 0 aliphatic carbocycles. The first-order valence-corrected chi connectivity index (χ1v) is 10.1. The van der Waals surface area contributed by atoms with Crippen LogP contribution in [0.2, 0.25) is 0 Å². The number of nitrogens with two attached hydrogens (primary N) is 1. The molecule has 9 heteroatoms. The summed E-state index contributed by atoms with van der Waals surface area (Å²) in [6.45, 7) is 0. The Kier molecular flexibility index (Phi) is 5.27. The van der Waals surface area contributed by atoms with Crippen LogP contribution in [0.5, 0.6) is 0 Å². The lowest BCUT2D eigenvalue weighted by atomic mass is 10.1. The third-order valence-electron chi connectivity index (χ3n) is 4.06. The summed E-state index contributed by atoms with van der Waals surface area (Å²) in [5, 5.41) is 15.9. The lowest BCUT2D eigenvalue weighted by Crippen LogP contribution is -2.13. The van der Waals surface area contributed by atoms with Gasteiger partial charge in [0.25, 0.3) is 0 Å². The van der Waals surface area contributed by atoms with Gasteiger partial charge in [0, 0.05) is 15.6 Å². The number of halogens is 1. The highest BCUT2D eigenvalue weighted by atomic mass is 79.9. The van der Waals surface area contributed by atoms with Crippen molar-refractivity contribution in [3.05, 3.63) is 70.7 Å². The van der Waals surface area contributed by atoms with Crippen LogP contribution in [0, 0.1) is 0 Å². The van der Waals surface area contributed by atoms with Crippen molar-refractivity contribution in [3.63, 3.8) is 0 Å². The number of carbonyl (C=O) groups excluding carboxylic acids is 1. The van der Waals surface area contributed by atoms with E-state index in [2.05, 4.69) is 36.3 Å². The first-order chi connectivity index (χ1) is 13.6. The van der Waals surface area contributed by atoms with Gasteiger partial charge >= 0.3 is 0 Å². The molecule has 0 amide bonds. The van der Waals surface area contributed by atoms with Crippen LogP contribution >= 0.6 is 27.7 Å². The van der Waals surface area contributed by atoms with Crippen LogP contribution in [0.4, 0.5) is 0 Å². The Morgan fingerprint density at radius 3 is 2.64 bits per heavy atom. The van der Waals surface area contributed by atoms with Crippen molar-refractivity contribution in [2.24, 2.45) is 0 Å². The number of nitrogens with zero attached hydrogens (tertiary/aromatic N) is 4. The molecule has 0 fully saturated rings. The van der Waals surface area contributed by atoms with Gasteiger partial charge in [0.05, 0.1) is 11.4 Å². The molecule has 4 rings (SSSR count). The van der Waals surface area contributed by atoms with Crippen LogP contribution in [-0.4, -0.2) is 36.6 Å². The minimum Gasteiger partial charge on any atom is -0.335 e. The molecule has 3 N–H and O–H groups in total. The molecule has 0 atom stereocenters. The minimum absolute atomic E-state index is 0.0186. The number of hydrogen-bond acceptors (Lipinski definition) is 6. The maximum atomic E-state index is 12.4. The number of nitrogen functional groups attached to an aromatic ring is 1. The van der Waals surface area contributed by atoms with Gasteiger partial charge in [0.1, 0.15) is 5.69 Å². The third-order valence-corrected chi connectivity index (χ3v) is 5.69. The van der Waals surface area contributed by atoms with E-state index in [0.29, 0.717) is 22.2 Å². The molecule has 28 heavy (non-hydrogen) atoms. The number of ketones is 1. The lowest BCUT2D eigenvalue weighted by Gasteiger charge is -2.04. The number of hydrogen-bond donors (Lipinski definition) is 2. The van der Waals surface area contributed by atoms with Gasteiger partial charge in [-0.2, -0.15) is 5.10 Å². The number of rotatable bonds is 6. The van der Waals surface area contributed by atoms with Crippen LogP contribution in [0.15, 0.2) is 70.3 Å². The molecule has 0 saturated heterocycles. The van der Waals surface area contributed by atoms with E-state index in [1.165, 1.54) is 16.4 Å². The highest BCUT2D eigenvalue weighted by Gasteiger charge is 2.17. The fourth-order valence-corrected chi connectivity index (χ4v) is 3.89.